The Kier molecular flexibility index (Phi) is 2.85. The Balaban J connectivity index is 1.82. The third-order valence-electron chi connectivity index (χ3n) is 4.76. The van der Waals surface area contributed by atoms with Crippen molar-refractivity contribution in [3.05, 3.63) is 77.1 Å². The lowest BCUT2D eigenvalue weighted by atomic mass is 9.76. The monoisotopic (exact) mass is 279 g/mol. The number of fused-ring (bicyclic) bond motifs is 3. The molecule has 3 atom stereocenters. The quantitative estimate of drug-likeness (QED) is 0.727. The first-order chi connectivity index (χ1) is 10.2. The molecule has 1 aliphatic carbocycles. The summed E-state index contributed by atoms with van der Waals surface area (Å²) in [4.78, 5) is 0. The van der Waals surface area contributed by atoms with E-state index in [0.29, 0.717) is 11.8 Å². The molecule has 2 aromatic carbocycles. The summed E-state index contributed by atoms with van der Waals surface area (Å²) in [5.74, 6) is 0.679. The highest BCUT2D eigenvalue weighted by Crippen LogP contribution is 2.50. The lowest BCUT2D eigenvalue weighted by molar-refractivity contribution is 0.413. The molecule has 2 aliphatic rings. The number of allylic oxidation sites excluding steroid dienone is 2. The molecule has 2 heteroatoms. The molecule has 0 fully saturated rings. The van der Waals surface area contributed by atoms with Crippen molar-refractivity contribution in [2.75, 3.05) is 5.32 Å². The highest BCUT2D eigenvalue weighted by molar-refractivity contribution is 5.60. The van der Waals surface area contributed by atoms with Gasteiger partial charge >= 0.3 is 0 Å². The number of hydrogen-bond acceptors (Lipinski definition) is 1. The molecule has 106 valence electrons. The minimum absolute atomic E-state index is 0.0430. The van der Waals surface area contributed by atoms with E-state index in [0.717, 1.165) is 17.7 Å². The van der Waals surface area contributed by atoms with Crippen molar-refractivity contribution in [3.8, 4) is 0 Å². The maximum Gasteiger partial charge on any atom is 0.128 e. The Hall–Kier alpha value is -2.09. The van der Waals surface area contributed by atoms with Crippen LogP contribution in [0.25, 0.3) is 0 Å². The molecule has 1 nitrogen and oxygen atoms in total. The van der Waals surface area contributed by atoms with Crippen molar-refractivity contribution in [2.24, 2.45) is 5.92 Å². The van der Waals surface area contributed by atoms with Gasteiger partial charge in [-0.1, -0.05) is 48.0 Å². The topological polar surface area (TPSA) is 12.0 Å². The van der Waals surface area contributed by atoms with Gasteiger partial charge in [-0.15, -0.1) is 0 Å². The molecule has 4 rings (SSSR count). The molecule has 0 amide bonds. The number of anilines is 1. The summed E-state index contributed by atoms with van der Waals surface area (Å²) in [6.07, 6.45) is 5.53. The fourth-order valence-corrected chi connectivity index (χ4v) is 3.75. The summed E-state index contributed by atoms with van der Waals surface area (Å²) in [6.45, 7) is 2.12. The number of aryl methyl sites for hydroxylation is 1. The van der Waals surface area contributed by atoms with E-state index in [2.05, 4.69) is 42.6 Å². The van der Waals surface area contributed by atoms with Crippen LogP contribution in [0.5, 0.6) is 0 Å². The second-order valence-corrected chi connectivity index (χ2v) is 6.09. The van der Waals surface area contributed by atoms with E-state index >= 15 is 0 Å². The lowest BCUT2D eigenvalue weighted by Crippen LogP contribution is -2.29. The molecular formula is C19H18FN. The molecule has 0 unspecified atom stereocenters. The number of benzene rings is 2. The number of hydrogen-bond donors (Lipinski definition) is 1. The molecule has 1 heterocycles. The highest BCUT2D eigenvalue weighted by Gasteiger charge is 2.38. The summed E-state index contributed by atoms with van der Waals surface area (Å²) < 4.78 is 14.2. The fourth-order valence-electron chi connectivity index (χ4n) is 3.75. The first-order valence-electron chi connectivity index (χ1n) is 7.52. The van der Waals surface area contributed by atoms with Gasteiger partial charge in [0.15, 0.2) is 0 Å². The lowest BCUT2D eigenvalue weighted by Gasteiger charge is -2.37. The average molecular weight is 279 g/mol. The van der Waals surface area contributed by atoms with Gasteiger partial charge in [0, 0.05) is 17.2 Å². The summed E-state index contributed by atoms with van der Waals surface area (Å²) in [7, 11) is 0. The van der Waals surface area contributed by atoms with Gasteiger partial charge in [-0.05, 0) is 37.0 Å². The first-order valence-corrected chi connectivity index (χ1v) is 7.52. The third kappa shape index (κ3) is 1.98. The molecule has 1 aliphatic heterocycles. The number of rotatable bonds is 1. The maximum absolute atomic E-state index is 14.2. The van der Waals surface area contributed by atoms with Crippen LogP contribution in [0.15, 0.2) is 54.6 Å². The smallest absolute Gasteiger partial charge is 0.128 e. The Labute approximate surface area is 124 Å². The summed E-state index contributed by atoms with van der Waals surface area (Å²) in [5, 5.41) is 3.57. The van der Waals surface area contributed by atoms with Crippen molar-refractivity contribution >= 4 is 5.69 Å². The van der Waals surface area contributed by atoms with Crippen molar-refractivity contribution in [1.82, 2.24) is 0 Å². The Bertz CT molecular complexity index is 719. The molecule has 0 radical (unpaired) electrons. The summed E-state index contributed by atoms with van der Waals surface area (Å²) >= 11 is 0. The first kappa shape index (κ1) is 12.6. The van der Waals surface area contributed by atoms with Gasteiger partial charge in [0.2, 0.25) is 0 Å². The van der Waals surface area contributed by atoms with Crippen LogP contribution in [-0.4, -0.2) is 0 Å². The van der Waals surface area contributed by atoms with Crippen molar-refractivity contribution < 1.29 is 4.39 Å². The van der Waals surface area contributed by atoms with Gasteiger partial charge in [0.25, 0.3) is 0 Å². The molecule has 0 spiro atoms. The van der Waals surface area contributed by atoms with Gasteiger partial charge in [-0.3, -0.25) is 0 Å². The van der Waals surface area contributed by atoms with Crippen LogP contribution in [-0.2, 0) is 0 Å². The van der Waals surface area contributed by atoms with E-state index in [-0.39, 0.29) is 11.9 Å². The van der Waals surface area contributed by atoms with E-state index in [9.17, 15) is 4.39 Å². The summed E-state index contributed by atoms with van der Waals surface area (Å²) in [5.41, 5.74) is 4.55. The summed E-state index contributed by atoms with van der Waals surface area (Å²) in [6, 6.07) is 13.7. The molecule has 21 heavy (non-hydrogen) atoms. The zero-order valence-electron chi connectivity index (χ0n) is 12.0. The molecule has 2 aromatic rings. The van der Waals surface area contributed by atoms with E-state index < -0.39 is 0 Å². The second kappa shape index (κ2) is 4.73. The average Bonchev–Trinajstić information content (AvgIpc) is 2.97. The minimum atomic E-state index is -0.115. The van der Waals surface area contributed by atoms with Gasteiger partial charge in [-0.25, -0.2) is 4.39 Å². The number of nitrogens with one attached hydrogen (secondary N) is 1. The van der Waals surface area contributed by atoms with Gasteiger partial charge in [0.1, 0.15) is 5.82 Å². The van der Waals surface area contributed by atoms with Crippen LogP contribution in [0.4, 0.5) is 10.1 Å². The molecule has 0 saturated carbocycles. The van der Waals surface area contributed by atoms with E-state index in [4.69, 9.17) is 0 Å². The molecule has 0 bridgehead atoms. The zero-order chi connectivity index (χ0) is 14.4. The fraction of sp³-hybridized carbons (Fsp3) is 0.263. The zero-order valence-corrected chi connectivity index (χ0v) is 12.0. The van der Waals surface area contributed by atoms with E-state index in [1.807, 2.05) is 12.1 Å². The normalized spacial score (nSPS) is 26.1. The van der Waals surface area contributed by atoms with Gasteiger partial charge < -0.3 is 5.32 Å². The van der Waals surface area contributed by atoms with Crippen molar-refractivity contribution in [2.45, 2.75) is 25.3 Å². The molecule has 0 saturated heterocycles. The highest BCUT2D eigenvalue weighted by atomic mass is 19.1. The van der Waals surface area contributed by atoms with Crippen LogP contribution < -0.4 is 5.32 Å². The van der Waals surface area contributed by atoms with Crippen molar-refractivity contribution in [3.63, 3.8) is 0 Å². The van der Waals surface area contributed by atoms with Gasteiger partial charge in [0.05, 0.1) is 6.04 Å². The number of halogens is 1. The SMILES string of the molecule is Cc1ccc2c(c1)[C@@H]1C=CC[C@H]1[C@@H](c1ccccc1F)N2. The van der Waals surface area contributed by atoms with Crippen LogP contribution in [0, 0.1) is 18.7 Å². The standard InChI is InChI=1S/C19H18FN/c1-12-9-10-18-16(11-12)13-6-4-7-14(13)19(21-18)15-5-2-3-8-17(15)20/h2-6,8-11,13-14,19,21H,7H2,1H3/t13-,14-,19+/m1/s1. The third-order valence-corrected chi connectivity index (χ3v) is 4.76. The minimum Gasteiger partial charge on any atom is -0.378 e. The molecule has 0 aromatic heterocycles. The van der Waals surface area contributed by atoms with E-state index in [1.165, 1.54) is 11.1 Å². The molecular weight excluding hydrogens is 261 g/mol. The maximum atomic E-state index is 14.2. The Morgan fingerprint density at radius 1 is 1.10 bits per heavy atom. The van der Waals surface area contributed by atoms with Crippen molar-refractivity contribution in [1.29, 1.82) is 0 Å². The van der Waals surface area contributed by atoms with Gasteiger partial charge in [-0.2, -0.15) is 0 Å². The Morgan fingerprint density at radius 3 is 2.81 bits per heavy atom. The van der Waals surface area contributed by atoms with Crippen LogP contribution in [0.2, 0.25) is 0 Å². The van der Waals surface area contributed by atoms with Crippen LogP contribution in [0.1, 0.15) is 35.1 Å². The predicted octanol–water partition coefficient (Wildman–Crippen LogP) is 4.96. The second-order valence-electron chi connectivity index (χ2n) is 6.09. The van der Waals surface area contributed by atoms with Crippen LogP contribution in [0.3, 0.4) is 0 Å². The van der Waals surface area contributed by atoms with E-state index in [1.54, 1.807) is 12.1 Å². The Morgan fingerprint density at radius 2 is 1.95 bits per heavy atom. The predicted molar refractivity (Wildman–Crippen MR) is 83.9 cm³/mol. The van der Waals surface area contributed by atoms with Crippen LogP contribution >= 0.6 is 0 Å². The molecule has 1 N–H and O–H groups in total. The largest absolute Gasteiger partial charge is 0.378 e.